The minimum absolute atomic E-state index is 0.701. The number of rotatable bonds is 3. The van der Waals surface area contributed by atoms with E-state index in [1.165, 1.54) is 0 Å². The Morgan fingerprint density at radius 2 is 2.18 bits per heavy atom. The second-order valence-corrected chi connectivity index (χ2v) is 5.03. The maximum absolute atomic E-state index is 5.46. The van der Waals surface area contributed by atoms with E-state index in [0.29, 0.717) is 5.76 Å². The van der Waals surface area contributed by atoms with Crippen LogP contribution in [0.2, 0.25) is 0 Å². The Kier molecular flexibility index (Phi) is 4.22. The zero-order valence-corrected chi connectivity index (χ0v) is 12.7. The van der Waals surface area contributed by atoms with Crippen molar-refractivity contribution in [2.24, 2.45) is 4.99 Å². The Morgan fingerprint density at radius 3 is 2.82 bits per heavy atom. The van der Waals surface area contributed by atoms with Gasteiger partial charge in [0.25, 0.3) is 0 Å². The second-order valence-electron chi connectivity index (χ2n) is 3.20. The predicted molar refractivity (Wildman–Crippen MR) is 79.4 cm³/mol. The topological polar surface area (TPSA) is 34.7 Å². The summed E-state index contributed by atoms with van der Waals surface area (Å²) in [5, 5.41) is 0. The van der Waals surface area contributed by atoms with Crippen LogP contribution >= 0.6 is 38.5 Å². The average molecular weight is 406 g/mol. The molecule has 1 aromatic carbocycles. The summed E-state index contributed by atoms with van der Waals surface area (Å²) in [6, 6.07) is 9.45. The number of nitrogens with zero attached hydrogens (tertiary/aromatic N) is 1. The zero-order chi connectivity index (χ0) is 12.3. The van der Waals surface area contributed by atoms with Crippen molar-refractivity contribution in [2.45, 2.75) is 0 Å². The molecule has 0 N–H and O–H groups in total. The molecule has 0 amide bonds. The summed E-state index contributed by atoms with van der Waals surface area (Å²) in [6.45, 7) is 0. The number of hydrogen-bond donors (Lipinski definition) is 0. The van der Waals surface area contributed by atoms with Crippen molar-refractivity contribution >= 4 is 50.4 Å². The molecular weight excluding hydrogens is 397 g/mol. The van der Waals surface area contributed by atoms with E-state index in [1.807, 2.05) is 30.3 Å². The van der Waals surface area contributed by atoms with E-state index in [1.54, 1.807) is 13.3 Å². The van der Waals surface area contributed by atoms with Gasteiger partial charge in [0.05, 0.1) is 17.8 Å². The molecule has 0 saturated heterocycles. The first-order valence-electron chi connectivity index (χ1n) is 4.82. The number of para-hydroxylation sites is 2. The Morgan fingerprint density at radius 1 is 1.41 bits per heavy atom. The van der Waals surface area contributed by atoms with Crippen molar-refractivity contribution in [3.8, 4) is 5.75 Å². The Labute approximate surface area is 121 Å². The first-order chi connectivity index (χ1) is 8.20. The molecule has 0 atom stereocenters. The predicted octanol–water partition coefficient (Wildman–Crippen LogP) is 4.41. The molecule has 0 radical (unpaired) electrons. The van der Waals surface area contributed by atoms with Crippen molar-refractivity contribution in [1.82, 2.24) is 0 Å². The third-order valence-electron chi connectivity index (χ3n) is 2.08. The lowest BCUT2D eigenvalue weighted by Gasteiger charge is -2.01. The summed E-state index contributed by atoms with van der Waals surface area (Å²) in [5.41, 5.74) is 0.775. The summed E-state index contributed by atoms with van der Waals surface area (Å²) in [4.78, 5) is 4.33. The third kappa shape index (κ3) is 3.10. The highest BCUT2D eigenvalue weighted by molar-refractivity contribution is 14.1. The summed E-state index contributed by atoms with van der Waals surface area (Å²) in [6.07, 6.45) is 1.67. The maximum Gasteiger partial charge on any atom is 0.178 e. The summed E-state index contributed by atoms with van der Waals surface area (Å²) in [7, 11) is 1.63. The fraction of sp³-hybridized carbons (Fsp3) is 0.0833. The van der Waals surface area contributed by atoms with Crippen LogP contribution in [0.4, 0.5) is 5.69 Å². The van der Waals surface area contributed by atoms with E-state index >= 15 is 0 Å². The molecule has 1 aromatic heterocycles. The first kappa shape index (κ1) is 12.6. The minimum atomic E-state index is 0.701. The smallest absolute Gasteiger partial charge is 0.178 e. The lowest BCUT2D eigenvalue weighted by Crippen LogP contribution is -1.83. The fourth-order valence-electron chi connectivity index (χ4n) is 1.30. The molecule has 2 aromatic rings. The summed E-state index contributed by atoms with van der Waals surface area (Å²) < 4.78 is 12.4. The standard InChI is InChI=1S/C12H9BrINO2/c1-16-11-5-3-2-4-10(11)15-7-8-6-9(13)12(14)17-8/h2-7H,1H3. The molecule has 88 valence electrons. The van der Waals surface area contributed by atoms with Crippen LogP contribution in [-0.2, 0) is 0 Å². The number of aliphatic imine (C=N–C) groups is 1. The lowest BCUT2D eigenvalue weighted by molar-refractivity contribution is 0.416. The monoisotopic (exact) mass is 405 g/mol. The van der Waals surface area contributed by atoms with Gasteiger partial charge < -0.3 is 9.15 Å². The van der Waals surface area contributed by atoms with E-state index < -0.39 is 0 Å². The van der Waals surface area contributed by atoms with E-state index in [9.17, 15) is 0 Å². The van der Waals surface area contributed by atoms with E-state index in [4.69, 9.17) is 9.15 Å². The van der Waals surface area contributed by atoms with Crippen LogP contribution in [-0.4, -0.2) is 13.3 Å². The number of methoxy groups -OCH3 is 1. The van der Waals surface area contributed by atoms with Gasteiger partial charge >= 0.3 is 0 Å². The van der Waals surface area contributed by atoms with Gasteiger partial charge in [-0.1, -0.05) is 12.1 Å². The Bertz CT molecular complexity index is 532. The van der Waals surface area contributed by atoms with Crippen molar-refractivity contribution < 1.29 is 9.15 Å². The van der Waals surface area contributed by atoms with Gasteiger partial charge in [0.15, 0.2) is 3.77 Å². The summed E-state index contributed by atoms with van der Waals surface area (Å²) >= 11 is 5.50. The van der Waals surface area contributed by atoms with Gasteiger partial charge in [-0.3, -0.25) is 0 Å². The molecule has 5 heteroatoms. The number of furan rings is 1. The van der Waals surface area contributed by atoms with Gasteiger partial charge in [-0.25, -0.2) is 4.99 Å². The van der Waals surface area contributed by atoms with Crippen molar-refractivity contribution in [3.05, 3.63) is 44.3 Å². The number of halogens is 2. The fourth-order valence-corrected chi connectivity index (χ4v) is 2.01. The Balaban J connectivity index is 2.25. The molecule has 0 saturated carbocycles. The van der Waals surface area contributed by atoms with Gasteiger partial charge in [-0.15, -0.1) is 0 Å². The van der Waals surface area contributed by atoms with Gasteiger partial charge in [0, 0.05) is 28.7 Å². The highest BCUT2D eigenvalue weighted by Gasteiger charge is 2.04. The van der Waals surface area contributed by atoms with Crippen LogP contribution in [0.1, 0.15) is 5.76 Å². The highest BCUT2D eigenvalue weighted by Crippen LogP contribution is 2.27. The van der Waals surface area contributed by atoms with Crippen LogP contribution in [0.5, 0.6) is 5.75 Å². The molecular formula is C12H9BrINO2. The van der Waals surface area contributed by atoms with Crippen LogP contribution < -0.4 is 4.74 Å². The van der Waals surface area contributed by atoms with Gasteiger partial charge in [-0.05, 0) is 28.1 Å². The van der Waals surface area contributed by atoms with Gasteiger partial charge in [-0.2, -0.15) is 0 Å². The summed E-state index contributed by atoms with van der Waals surface area (Å²) in [5.74, 6) is 1.44. The number of benzene rings is 1. The largest absolute Gasteiger partial charge is 0.494 e. The molecule has 1 heterocycles. The molecule has 2 rings (SSSR count). The van der Waals surface area contributed by atoms with Gasteiger partial charge in [0.2, 0.25) is 0 Å². The number of ether oxygens (including phenoxy) is 1. The molecule has 0 unspecified atom stereocenters. The lowest BCUT2D eigenvalue weighted by atomic mass is 10.3. The van der Waals surface area contributed by atoms with Gasteiger partial charge in [0.1, 0.15) is 17.2 Å². The molecule has 3 nitrogen and oxygen atoms in total. The SMILES string of the molecule is COc1ccccc1N=Cc1cc(Br)c(I)o1. The minimum Gasteiger partial charge on any atom is -0.494 e. The second kappa shape index (κ2) is 5.68. The van der Waals surface area contributed by atoms with Crippen molar-refractivity contribution in [3.63, 3.8) is 0 Å². The molecule has 0 bridgehead atoms. The Hall–Kier alpha value is -0.820. The van der Waals surface area contributed by atoms with Crippen LogP contribution in [0.25, 0.3) is 0 Å². The van der Waals surface area contributed by atoms with Crippen molar-refractivity contribution in [1.29, 1.82) is 0 Å². The zero-order valence-electron chi connectivity index (χ0n) is 8.98. The normalized spacial score (nSPS) is 11.0. The van der Waals surface area contributed by atoms with E-state index in [-0.39, 0.29) is 0 Å². The molecule has 0 aliphatic carbocycles. The average Bonchev–Trinajstić information content (AvgIpc) is 2.66. The third-order valence-corrected chi connectivity index (χ3v) is 4.21. The molecule has 0 aliphatic rings. The molecule has 0 spiro atoms. The van der Waals surface area contributed by atoms with Crippen LogP contribution in [0, 0.1) is 3.77 Å². The molecule has 17 heavy (non-hydrogen) atoms. The van der Waals surface area contributed by atoms with E-state index in [2.05, 4.69) is 43.5 Å². The quantitative estimate of drug-likeness (QED) is 0.560. The van der Waals surface area contributed by atoms with Crippen LogP contribution in [0.15, 0.2) is 44.2 Å². The molecule has 0 fully saturated rings. The molecule has 0 aliphatic heterocycles. The number of hydrogen-bond acceptors (Lipinski definition) is 3. The van der Waals surface area contributed by atoms with Crippen molar-refractivity contribution in [2.75, 3.05) is 7.11 Å². The maximum atomic E-state index is 5.46. The van der Waals surface area contributed by atoms with Crippen LogP contribution in [0.3, 0.4) is 0 Å². The highest BCUT2D eigenvalue weighted by atomic mass is 127. The first-order valence-corrected chi connectivity index (χ1v) is 6.70. The van der Waals surface area contributed by atoms with E-state index in [0.717, 1.165) is 19.7 Å².